The Kier molecular flexibility index (Phi) is 13.9. The molecule has 0 atom stereocenters. The highest BCUT2D eigenvalue weighted by molar-refractivity contribution is 9.38. The molecule has 6 rings (SSSR count). The maximum absolute atomic E-state index is 15.4. The largest absolute Gasteiger partial charge is 0.252 e. The highest BCUT2D eigenvalue weighted by Crippen LogP contribution is 2.42. The molecule has 1 aromatic heterocycles. The summed E-state index contributed by atoms with van der Waals surface area (Å²) in [5.41, 5.74) is -12.1. The molecule has 62 heavy (non-hydrogen) atoms. The Bertz CT molecular complexity index is 2390. The summed E-state index contributed by atoms with van der Waals surface area (Å²) in [5.74, 6) is -71.4. The van der Waals surface area contributed by atoms with E-state index in [1.165, 1.54) is 5.56 Å². The average molecular weight is 1100 g/mol. The van der Waals surface area contributed by atoms with Gasteiger partial charge in [-0.05, 0) is 47.8 Å². The predicted molar refractivity (Wildman–Crippen MR) is 188 cm³/mol. The number of benzene rings is 5. The molecule has 2 nitrogen and oxygen atoms in total. The molecule has 0 bridgehead atoms. The Labute approximate surface area is 357 Å². The Morgan fingerprint density at radius 3 is 0.919 bits per heavy atom. The van der Waals surface area contributed by atoms with Gasteiger partial charge in [0.1, 0.15) is 52.7 Å². The lowest BCUT2D eigenvalue weighted by molar-refractivity contribution is -0.695. The lowest BCUT2D eigenvalue weighted by Crippen LogP contribution is -2.81. The quantitative estimate of drug-likeness (QED) is 0.0406. The fourth-order valence-corrected chi connectivity index (χ4v) is 7.41. The number of halogens is 23. The molecule has 6 aromatic rings. The maximum Gasteiger partial charge on any atom is 0.238 e. The molecular formula is C36H10BBr3F20N2. The molecule has 0 radical (unpaired) electrons. The molecular weight excluding hydrogens is 1090 g/mol. The van der Waals surface area contributed by atoms with Crippen molar-refractivity contribution >= 4 is 75.8 Å². The van der Waals surface area contributed by atoms with E-state index < -0.39 is 146 Å². The van der Waals surface area contributed by atoms with Crippen molar-refractivity contribution in [2.75, 3.05) is 0 Å². The molecule has 5 aromatic carbocycles. The summed E-state index contributed by atoms with van der Waals surface area (Å²) in [7, 11) is 0. The van der Waals surface area contributed by atoms with Crippen molar-refractivity contribution in [1.82, 2.24) is 4.98 Å². The van der Waals surface area contributed by atoms with Gasteiger partial charge in [0, 0.05) is 5.56 Å². The van der Waals surface area contributed by atoms with Crippen LogP contribution in [0.15, 0.2) is 48.9 Å². The summed E-state index contributed by atoms with van der Waals surface area (Å²) < 4.78 is 296. The van der Waals surface area contributed by atoms with Crippen LogP contribution in [-0.4, -0.2) is 11.1 Å². The second kappa shape index (κ2) is 17.8. The van der Waals surface area contributed by atoms with Crippen LogP contribution in [0.4, 0.5) is 87.8 Å². The van der Waals surface area contributed by atoms with Gasteiger partial charge < -0.3 is 0 Å². The number of aromatic nitrogens is 2. The number of hydrogen-bond donors (Lipinski definition) is 0. The number of rotatable bonds is 6. The Morgan fingerprint density at radius 2 is 0.661 bits per heavy atom. The van der Waals surface area contributed by atoms with Gasteiger partial charge in [-0.15, -0.1) is 21.9 Å². The normalized spacial score (nSPS) is 11.9. The maximum atomic E-state index is 15.4. The van der Waals surface area contributed by atoms with Gasteiger partial charge in [0.2, 0.25) is 7.84 Å². The number of nitrogens with zero attached hydrogens (tertiary/aromatic N) is 2. The van der Waals surface area contributed by atoms with Crippen LogP contribution in [0.1, 0.15) is 11.3 Å². The van der Waals surface area contributed by atoms with E-state index in [4.69, 9.17) is 0 Å². The van der Waals surface area contributed by atoms with Crippen molar-refractivity contribution in [2.45, 2.75) is 8.69 Å². The van der Waals surface area contributed by atoms with Gasteiger partial charge in [0.25, 0.3) is 0 Å². The first-order valence-corrected chi connectivity index (χ1v) is 18.3. The van der Waals surface area contributed by atoms with E-state index in [0.717, 1.165) is 12.2 Å². The molecule has 0 N–H and O–H groups in total. The van der Waals surface area contributed by atoms with Gasteiger partial charge in [-0.25, -0.2) is 87.8 Å². The van der Waals surface area contributed by atoms with Gasteiger partial charge in [-0.1, -0.05) is 30.3 Å². The zero-order valence-corrected chi connectivity index (χ0v) is 33.7. The second-order valence-corrected chi connectivity index (χ2v) is 19.1. The smallest absolute Gasteiger partial charge is 0.238 e. The topological polar surface area (TPSA) is 16.8 Å². The predicted octanol–water partition coefficient (Wildman–Crippen LogP) is 9.56. The van der Waals surface area contributed by atoms with Gasteiger partial charge in [0.05, 0.1) is 12.4 Å². The first-order valence-electron chi connectivity index (χ1n) is 16.0. The highest BCUT2D eigenvalue weighted by Gasteiger charge is 2.52. The molecule has 1 heterocycles. The van der Waals surface area contributed by atoms with Crippen LogP contribution >= 0.6 is 47.8 Å². The Morgan fingerprint density at radius 1 is 0.403 bits per heavy atom. The van der Waals surface area contributed by atoms with Gasteiger partial charge in [-0.3, -0.25) is 4.98 Å². The van der Waals surface area contributed by atoms with Crippen LogP contribution < -0.4 is 26.4 Å². The lowest BCUT2D eigenvalue weighted by Gasteiger charge is -2.44. The van der Waals surface area contributed by atoms with Gasteiger partial charge in [0.15, 0.2) is 82.5 Å². The van der Waals surface area contributed by atoms with E-state index in [1.54, 1.807) is 6.20 Å². The highest BCUT2D eigenvalue weighted by atomic mass is 80.0. The molecule has 328 valence electrons. The van der Waals surface area contributed by atoms with Crippen LogP contribution in [0, 0.1) is 116 Å². The van der Waals surface area contributed by atoms with Crippen molar-refractivity contribution in [3.8, 4) is 0 Å². The third kappa shape index (κ3) is 7.83. The van der Waals surface area contributed by atoms with Crippen molar-refractivity contribution in [3.05, 3.63) is 177 Å². The minimum atomic E-state index is -7.22. The second-order valence-electron chi connectivity index (χ2n) is 12.4. The zero-order valence-electron chi connectivity index (χ0n) is 29.0. The zero-order chi connectivity index (χ0) is 46.7. The number of alkyl halides is 3. The minimum absolute atomic E-state index is 0.448. The van der Waals surface area contributed by atoms with Crippen molar-refractivity contribution < 1.29 is 92.4 Å². The fourth-order valence-electron chi connectivity index (χ4n) is 6.42. The average Bonchev–Trinajstić information content (AvgIpc) is 3.24. The van der Waals surface area contributed by atoms with E-state index in [1.807, 2.05) is 30.6 Å². The molecule has 0 aliphatic heterocycles. The lowest BCUT2D eigenvalue weighted by atomic mass is 9.12. The molecule has 0 spiro atoms. The summed E-state index contributed by atoms with van der Waals surface area (Å²) in [6.07, 6.45) is -1.65. The Balaban J connectivity index is 0.000000355. The molecule has 0 aliphatic carbocycles. The summed E-state index contributed by atoms with van der Waals surface area (Å²) >= 11 is 10.6. The molecule has 0 unspecified atom stereocenters. The van der Waals surface area contributed by atoms with Crippen LogP contribution in [0.25, 0.3) is 0 Å². The van der Waals surface area contributed by atoms with E-state index in [-0.39, 0.29) is 0 Å². The van der Waals surface area contributed by atoms with E-state index >= 15 is 35.1 Å². The Hall–Kier alpha value is -4.72. The summed E-state index contributed by atoms with van der Waals surface area (Å²) in [6, 6.07) is 10.3. The summed E-state index contributed by atoms with van der Waals surface area (Å²) in [6.45, 7) is 0.809. The molecule has 0 saturated carbocycles. The van der Waals surface area contributed by atoms with Crippen LogP contribution in [0.2, 0.25) is 0 Å². The van der Waals surface area contributed by atoms with E-state index in [2.05, 4.69) is 69.5 Å². The van der Waals surface area contributed by atoms with Crippen LogP contribution in [-0.2, 0) is 8.69 Å². The van der Waals surface area contributed by atoms with Crippen LogP contribution in [0.5, 0.6) is 0 Å². The molecule has 0 fully saturated rings. The standard InChI is InChI=1S/C24BF20.C12H10Br3N2/c26-5-1(6(27)14(35)21(42)13(5)34)25(2-7(28)15(36)22(43)16(37)8(2)29,3-9(30)17(38)23(44)18(39)10(3)31)4-11(32)19(40)24(45)20(41)12(4)33;13-12(14,15)11-8-16-6-7-17(11)9-10-4-2-1-3-5-10/h;1-8H,9H2/q-1;+1. The van der Waals surface area contributed by atoms with E-state index in [0.29, 0.717) is 0 Å². The van der Waals surface area contributed by atoms with Crippen molar-refractivity contribution in [1.29, 1.82) is 0 Å². The van der Waals surface area contributed by atoms with Gasteiger partial charge >= 0.3 is 0 Å². The third-order valence-electron chi connectivity index (χ3n) is 9.03. The molecule has 0 saturated heterocycles. The molecule has 0 amide bonds. The minimum Gasteiger partial charge on any atom is -0.252 e. The number of hydrogen-bond acceptors (Lipinski definition) is 1. The van der Waals surface area contributed by atoms with E-state index in [9.17, 15) is 52.7 Å². The summed E-state index contributed by atoms with van der Waals surface area (Å²) in [4.78, 5) is 4.14. The van der Waals surface area contributed by atoms with Crippen LogP contribution in [0.3, 0.4) is 0 Å². The first kappa shape index (κ1) is 48.3. The molecule has 0 aliphatic rings. The van der Waals surface area contributed by atoms with Crippen molar-refractivity contribution in [2.24, 2.45) is 0 Å². The monoisotopic (exact) mass is 1100 g/mol. The summed E-state index contributed by atoms with van der Waals surface area (Å²) in [5, 5.41) is 0. The fraction of sp³-hybridized carbons (Fsp3) is 0.0556. The molecule has 26 heteroatoms. The van der Waals surface area contributed by atoms with Crippen molar-refractivity contribution in [3.63, 3.8) is 0 Å². The SMILES string of the molecule is BrC(Br)(Br)c1cncc[n+]1Cc1ccccc1.Fc1c(F)c(F)c([B-](c2c(F)c(F)c(F)c(F)c2F)(c2c(F)c(F)c(F)c(F)c2F)c2c(F)c(F)c(F)c(F)c2F)c(F)c1F. The third-order valence-corrected chi connectivity index (χ3v) is 10.3. The first-order chi connectivity index (χ1) is 28.8. The van der Waals surface area contributed by atoms with Gasteiger partial charge in [-0.2, -0.15) is 4.57 Å².